The lowest BCUT2D eigenvalue weighted by Crippen LogP contribution is -2.52. The third-order valence-electron chi connectivity index (χ3n) is 5.94. The van der Waals surface area contributed by atoms with Gasteiger partial charge in [-0.15, -0.1) is 0 Å². The highest BCUT2D eigenvalue weighted by atomic mass is 35.5. The summed E-state index contributed by atoms with van der Waals surface area (Å²) in [6.45, 7) is 7.91. The SMILES string of the molecule is CCCCNC(=O)[C@@H](CC)N(Cc1ccccc1C)C(=O)CN(c1ccc(C)c(Cl)c1)S(C)(=O)=O. The molecule has 7 nitrogen and oxygen atoms in total. The summed E-state index contributed by atoms with van der Waals surface area (Å²) in [5.41, 5.74) is 2.97. The fraction of sp³-hybridized carbons (Fsp3) is 0.462. The Morgan fingerprint density at radius 3 is 2.31 bits per heavy atom. The van der Waals surface area contributed by atoms with Gasteiger partial charge in [0, 0.05) is 18.1 Å². The van der Waals surface area contributed by atoms with Crippen LogP contribution in [0.1, 0.15) is 49.8 Å². The van der Waals surface area contributed by atoms with Gasteiger partial charge < -0.3 is 10.2 Å². The van der Waals surface area contributed by atoms with Crippen LogP contribution in [-0.2, 0) is 26.2 Å². The lowest BCUT2D eigenvalue weighted by Gasteiger charge is -2.33. The minimum Gasteiger partial charge on any atom is -0.354 e. The predicted molar refractivity (Wildman–Crippen MR) is 142 cm³/mol. The van der Waals surface area contributed by atoms with Crippen molar-refractivity contribution in [1.29, 1.82) is 0 Å². The second-order valence-corrected chi connectivity index (χ2v) is 11.0. The number of nitrogens with zero attached hydrogens (tertiary/aromatic N) is 2. The van der Waals surface area contributed by atoms with Crippen LogP contribution in [0.15, 0.2) is 42.5 Å². The molecule has 2 aromatic rings. The molecule has 2 aromatic carbocycles. The van der Waals surface area contributed by atoms with E-state index in [2.05, 4.69) is 5.32 Å². The molecular weight excluding hydrogens is 486 g/mol. The maximum Gasteiger partial charge on any atom is 0.244 e. The zero-order chi connectivity index (χ0) is 26.2. The van der Waals surface area contributed by atoms with E-state index in [0.717, 1.165) is 40.1 Å². The van der Waals surface area contributed by atoms with Gasteiger partial charge in [-0.3, -0.25) is 13.9 Å². The molecule has 0 unspecified atom stereocenters. The number of sulfonamides is 1. The Bertz CT molecular complexity index is 1140. The Morgan fingerprint density at radius 2 is 1.74 bits per heavy atom. The molecule has 0 saturated heterocycles. The molecule has 0 aliphatic rings. The summed E-state index contributed by atoms with van der Waals surface area (Å²) in [4.78, 5) is 28.2. The molecule has 0 fully saturated rings. The van der Waals surface area contributed by atoms with Crippen molar-refractivity contribution < 1.29 is 18.0 Å². The van der Waals surface area contributed by atoms with E-state index in [4.69, 9.17) is 11.6 Å². The number of anilines is 1. The largest absolute Gasteiger partial charge is 0.354 e. The average molecular weight is 522 g/mol. The van der Waals surface area contributed by atoms with Crippen LogP contribution in [0, 0.1) is 13.8 Å². The summed E-state index contributed by atoms with van der Waals surface area (Å²) in [7, 11) is -3.80. The number of rotatable bonds is 12. The fourth-order valence-corrected chi connectivity index (χ4v) is 4.76. The number of hydrogen-bond acceptors (Lipinski definition) is 4. The van der Waals surface area contributed by atoms with Crippen LogP contribution in [-0.4, -0.2) is 50.5 Å². The summed E-state index contributed by atoms with van der Waals surface area (Å²) in [6, 6.07) is 11.8. The lowest BCUT2D eigenvalue weighted by atomic mass is 10.1. The first-order chi connectivity index (χ1) is 16.5. The molecule has 0 aliphatic carbocycles. The van der Waals surface area contributed by atoms with Gasteiger partial charge in [0.05, 0.1) is 11.9 Å². The molecule has 0 spiro atoms. The molecule has 0 aromatic heterocycles. The zero-order valence-corrected chi connectivity index (χ0v) is 22.7. The topological polar surface area (TPSA) is 86.8 Å². The number of nitrogens with one attached hydrogen (secondary N) is 1. The Hall–Kier alpha value is -2.58. The number of amides is 2. The Kier molecular flexibility index (Phi) is 10.6. The average Bonchev–Trinajstić information content (AvgIpc) is 2.79. The van der Waals surface area contributed by atoms with Gasteiger partial charge in [-0.2, -0.15) is 0 Å². The number of benzene rings is 2. The molecule has 1 atom stereocenters. The van der Waals surface area contributed by atoms with Crippen molar-refractivity contribution in [2.75, 3.05) is 23.7 Å². The highest BCUT2D eigenvalue weighted by Crippen LogP contribution is 2.25. The molecule has 2 rings (SSSR count). The molecule has 9 heteroatoms. The van der Waals surface area contributed by atoms with E-state index < -0.39 is 28.5 Å². The summed E-state index contributed by atoms with van der Waals surface area (Å²) >= 11 is 6.24. The van der Waals surface area contributed by atoms with E-state index in [1.807, 2.05) is 52.0 Å². The molecule has 0 heterocycles. The zero-order valence-electron chi connectivity index (χ0n) is 21.2. The van der Waals surface area contributed by atoms with E-state index in [0.29, 0.717) is 23.7 Å². The maximum absolute atomic E-state index is 13.7. The molecule has 0 aliphatic heterocycles. The summed E-state index contributed by atoms with van der Waals surface area (Å²) in [5.74, 6) is -0.708. The highest BCUT2D eigenvalue weighted by molar-refractivity contribution is 7.92. The standard InChI is InChI=1S/C26H36ClN3O4S/c1-6-8-15-28-26(32)24(7-2)29(17-21-12-10-9-11-19(21)3)25(31)18-30(35(5,33)34)22-14-13-20(4)23(27)16-22/h9-14,16,24H,6-8,15,17-18H2,1-5H3,(H,28,32)/t24-/m1/s1. The maximum atomic E-state index is 13.7. The third kappa shape index (κ3) is 7.97. The number of carbonyl (C=O) groups excluding carboxylic acids is 2. The predicted octanol–water partition coefficient (Wildman–Crippen LogP) is 4.45. The second kappa shape index (κ2) is 12.9. The molecule has 0 saturated carbocycles. The Morgan fingerprint density at radius 1 is 1.06 bits per heavy atom. The van der Waals surface area contributed by atoms with Crippen LogP contribution >= 0.6 is 11.6 Å². The van der Waals surface area contributed by atoms with E-state index in [-0.39, 0.29) is 12.5 Å². The van der Waals surface area contributed by atoms with Gasteiger partial charge in [0.25, 0.3) is 0 Å². The van der Waals surface area contributed by atoms with Gasteiger partial charge in [0.2, 0.25) is 21.8 Å². The van der Waals surface area contributed by atoms with Crippen molar-refractivity contribution in [3.63, 3.8) is 0 Å². The monoisotopic (exact) mass is 521 g/mol. The molecule has 2 amide bonds. The van der Waals surface area contributed by atoms with Crippen LogP contribution in [0.2, 0.25) is 5.02 Å². The Labute approximate surface area is 214 Å². The molecular formula is C26H36ClN3O4S. The quantitative estimate of drug-likeness (QED) is 0.418. The van der Waals surface area contributed by atoms with Crippen LogP contribution < -0.4 is 9.62 Å². The van der Waals surface area contributed by atoms with Crippen molar-refractivity contribution in [3.8, 4) is 0 Å². The van der Waals surface area contributed by atoms with Crippen molar-refractivity contribution >= 4 is 39.1 Å². The smallest absolute Gasteiger partial charge is 0.244 e. The lowest BCUT2D eigenvalue weighted by molar-refractivity contribution is -0.140. The van der Waals surface area contributed by atoms with Crippen LogP contribution in [0.5, 0.6) is 0 Å². The Balaban J connectivity index is 2.43. The van der Waals surface area contributed by atoms with Crippen LogP contribution in [0.4, 0.5) is 5.69 Å². The first kappa shape index (κ1) is 28.7. The first-order valence-corrected chi connectivity index (χ1v) is 14.1. The normalized spacial score (nSPS) is 12.2. The van der Waals surface area contributed by atoms with Crippen molar-refractivity contribution in [3.05, 3.63) is 64.2 Å². The summed E-state index contributed by atoms with van der Waals surface area (Å²) in [5, 5.41) is 3.32. The molecule has 0 bridgehead atoms. The van der Waals surface area contributed by atoms with Crippen molar-refractivity contribution in [2.24, 2.45) is 0 Å². The molecule has 35 heavy (non-hydrogen) atoms. The van der Waals surface area contributed by atoms with Gasteiger partial charge in [-0.25, -0.2) is 8.42 Å². The van der Waals surface area contributed by atoms with Gasteiger partial charge in [0.1, 0.15) is 12.6 Å². The van der Waals surface area contributed by atoms with Crippen molar-refractivity contribution in [1.82, 2.24) is 10.2 Å². The minimum atomic E-state index is -3.80. The summed E-state index contributed by atoms with van der Waals surface area (Å²) < 4.78 is 26.4. The number of halogens is 1. The van der Waals surface area contributed by atoms with E-state index in [9.17, 15) is 18.0 Å². The van der Waals surface area contributed by atoms with E-state index >= 15 is 0 Å². The van der Waals surface area contributed by atoms with Gasteiger partial charge in [0.15, 0.2) is 0 Å². The second-order valence-electron chi connectivity index (χ2n) is 8.72. The van der Waals surface area contributed by atoms with E-state index in [1.165, 1.54) is 11.0 Å². The van der Waals surface area contributed by atoms with Gasteiger partial charge in [-0.05, 0) is 55.5 Å². The van der Waals surface area contributed by atoms with Gasteiger partial charge in [-0.1, -0.05) is 62.2 Å². The number of unbranched alkanes of at least 4 members (excludes halogenated alkanes) is 1. The highest BCUT2D eigenvalue weighted by Gasteiger charge is 2.32. The molecule has 1 N–H and O–H groups in total. The van der Waals surface area contributed by atoms with Crippen molar-refractivity contribution in [2.45, 2.75) is 59.5 Å². The number of aryl methyl sites for hydroxylation is 2. The summed E-state index contributed by atoms with van der Waals surface area (Å²) in [6.07, 6.45) is 3.22. The molecule has 0 radical (unpaired) electrons. The minimum absolute atomic E-state index is 0.192. The van der Waals surface area contributed by atoms with Crippen LogP contribution in [0.25, 0.3) is 0 Å². The fourth-order valence-electron chi connectivity index (χ4n) is 3.75. The number of hydrogen-bond donors (Lipinski definition) is 1. The van der Waals surface area contributed by atoms with Gasteiger partial charge >= 0.3 is 0 Å². The van der Waals surface area contributed by atoms with Crippen LogP contribution in [0.3, 0.4) is 0 Å². The first-order valence-electron chi connectivity index (χ1n) is 11.8. The van der Waals surface area contributed by atoms with E-state index in [1.54, 1.807) is 12.1 Å². The molecule has 192 valence electrons. The number of carbonyl (C=O) groups is 2. The third-order valence-corrected chi connectivity index (χ3v) is 7.49.